The van der Waals surface area contributed by atoms with Crippen LogP contribution in [0.25, 0.3) is 11.0 Å². The Labute approximate surface area is 261 Å². The molecule has 2 aromatic heterocycles. The Kier molecular flexibility index (Phi) is 9.09. The molecule has 3 aliphatic rings. The summed E-state index contributed by atoms with van der Waals surface area (Å²) in [7, 11) is 1.22. The molecule has 230 valence electrons. The maximum Gasteiger partial charge on any atom is 0.284 e. The number of nitrogens with zero attached hydrogens (tertiary/aromatic N) is 2. The third-order valence-corrected chi connectivity index (χ3v) is 8.69. The Morgan fingerprint density at radius 3 is 2.60 bits per heavy atom. The minimum Gasteiger partial charge on any atom is -0.543 e. The number of nitrogens with one attached hydrogen (secondary N) is 4. The van der Waals surface area contributed by atoms with Crippen LogP contribution in [0.5, 0.6) is 0 Å². The van der Waals surface area contributed by atoms with Crippen molar-refractivity contribution in [2.45, 2.75) is 24.1 Å². The fourth-order valence-corrected chi connectivity index (χ4v) is 6.39. The van der Waals surface area contributed by atoms with Gasteiger partial charge < -0.3 is 35.6 Å². The second-order valence-corrected chi connectivity index (χ2v) is 11.1. The quantitative estimate of drug-likeness (QED) is 0.161. The topological polar surface area (TPSA) is 186 Å². The average Bonchev–Trinajstić information content (AvgIpc) is 3.07. The number of β-lactam (4-membered cyclic amide) rings is 1. The van der Waals surface area contributed by atoms with Crippen molar-refractivity contribution in [3.05, 3.63) is 112 Å². The van der Waals surface area contributed by atoms with Crippen molar-refractivity contribution >= 4 is 46.5 Å². The molecule has 3 aromatic rings. The lowest BCUT2D eigenvalue weighted by atomic mass is 9.97. The number of H-pyrrole nitrogens is 1. The fraction of sp³-hybridized carbons (Fsp3) is 0.226. The van der Waals surface area contributed by atoms with Crippen molar-refractivity contribution in [3.63, 3.8) is 0 Å². The first-order valence-electron chi connectivity index (χ1n) is 13.7. The standard InChI is InChI=1S/C26H23N5O7S.C5H6N/c1-13-12-39-25-26(38-2,24(37)31(25)19(13)23(35)36)30-22(34)17(14-7-4-3-5-8-14)29-21(33)15-11-28-16-9-6-10-27-18(16)20(15)32;1-2-4-6-5-3-1/h3-11,17,25H,12H2,1-2H3,(H,28,32)(H,29,33)(H,30,34)(H,35,36);1-2,5-6H,4H2/q;+1/p-1/t17?,25-,26-;/m0./s1. The number of carboxylic acid groups (broad SMARTS) is 1. The number of pyridine rings is 2. The zero-order chi connectivity index (χ0) is 32.1. The SMILES string of the molecule is CO[C@@]1(NC(=O)C(NC(=O)c2c[nH]c3cccnc3c2=O)c2ccccc2)C(=O)N2C(C(=O)[O-])=C(C)CS[C@H]21.[C+]1=CNCC=C1. The third-order valence-electron chi connectivity index (χ3n) is 7.24. The normalized spacial score (nSPS) is 20.4. The highest BCUT2D eigenvalue weighted by atomic mass is 32.2. The van der Waals surface area contributed by atoms with Crippen LogP contribution in [0.1, 0.15) is 28.9 Å². The van der Waals surface area contributed by atoms with Crippen LogP contribution in [-0.2, 0) is 19.1 Å². The van der Waals surface area contributed by atoms with E-state index in [1.54, 1.807) is 55.6 Å². The van der Waals surface area contributed by atoms with Crippen molar-refractivity contribution in [2.75, 3.05) is 19.4 Å². The first kappa shape index (κ1) is 31.1. The van der Waals surface area contributed by atoms with Crippen LogP contribution in [0.3, 0.4) is 0 Å². The number of dihydropyridines is 1. The van der Waals surface area contributed by atoms with E-state index in [4.69, 9.17) is 4.74 Å². The van der Waals surface area contributed by atoms with Crippen LogP contribution >= 0.6 is 11.8 Å². The summed E-state index contributed by atoms with van der Waals surface area (Å²) >= 11 is 1.22. The van der Waals surface area contributed by atoms with Crippen LogP contribution in [-0.4, -0.2) is 69.1 Å². The van der Waals surface area contributed by atoms with E-state index in [-0.39, 0.29) is 22.5 Å². The highest BCUT2D eigenvalue weighted by molar-refractivity contribution is 8.00. The van der Waals surface area contributed by atoms with Crippen molar-refractivity contribution < 1.29 is 29.0 Å². The number of carbonyl (C=O) groups excluding carboxylic acids is 4. The number of allylic oxidation sites excluding steroid dienone is 2. The van der Waals surface area contributed by atoms with Gasteiger partial charge in [0.2, 0.25) is 11.3 Å². The number of benzene rings is 1. The summed E-state index contributed by atoms with van der Waals surface area (Å²) in [5, 5.41) is 18.9. The molecule has 14 heteroatoms. The number of fused-ring (bicyclic) bond motifs is 2. The van der Waals surface area contributed by atoms with E-state index in [9.17, 15) is 29.1 Å². The van der Waals surface area contributed by atoms with Crippen molar-refractivity contribution in [2.24, 2.45) is 0 Å². The van der Waals surface area contributed by atoms with Gasteiger partial charge in [-0.3, -0.25) is 29.1 Å². The molecule has 0 saturated carbocycles. The molecule has 3 atom stereocenters. The van der Waals surface area contributed by atoms with E-state index < -0.39 is 46.3 Å². The molecular formula is C31H28N6O7S. The first-order chi connectivity index (χ1) is 21.7. The predicted octanol–water partition coefficient (Wildman–Crippen LogP) is 0.255. The molecule has 3 aliphatic heterocycles. The third kappa shape index (κ3) is 5.94. The molecule has 0 aliphatic carbocycles. The number of methoxy groups -OCH3 is 1. The molecule has 5 heterocycles. The molecule has 13 nitrogen and oxygen atoms in total. The molecule has 1 unspecified atom stereocenters. The molecule has 0 bridgehead atoms. The van der Waals surface area contributed by atoms with Gasteiger partial charge in [-0.1, -0.05) is 30.3 Å². The van der Waals surface area contributed by atoms with Gasteiger partial charge in [-0.25, -0.2) is 0 Å². The van der Waals surface area contributed by atoms with E-state index >= 15 is 0 Å². The largest absolute Gasteiger partial charge is 0.543 e. The zero-order valence-corrected chi connectivity index (χ0v) is 25.0. The van der Waals surface area contributed by atoms with Crippen LogP contribution < -0.4 is 26.5 Å². The van der Waals surface area contributed by atoms with E-state index in [0.717, 1.165) is 11.4 Å². The number of carboxylic acids is 1. The van der Waals surface area contributed by atoms with E-state index in [1.807, 2.05) is 12.2 Å². The van der Waals surface area contributed by atoms with Crippen LogP contribution in [0, 0.1) is 6.08 Å². The van der Waals surface area contributed by atoms with Crippen molar-refractivity contribution in [3.8, 4) is 0 Å². The second kappa shape index (κ2) is 13.1. The molecule has 3 amide bonds. The maximum absolute atomic E-state index is 13.7. The summed E-state index contributed by atoms with van der Waals surface area (Å²) in [6.07, 6.45) is 11.2. The highest BCUT2D eigenvalue weighted by Gasteiger charge is 2.66. The van der Waals surface area contributed by atoms with Gasteiger partial charge in [0.05, 0.1) is 23.3 Å². The van der Waals surface area contributed by atoms with Gasteiger partial charge in [0.15, 0.2) is 6.08 Å². The monoisotopic (exact) mass is 628 g/mol. The summed E-state index contributed by atoms with van der Waals surface area (Å²) in [5.41, 5.74) is -1.70. The Morgan fingerprint density at radius 2 is 1.98 bits per heavy atom. The summed E-state index contributed by atoms with van der Waals surface area (Å²) in [6.45, 7) is 2.53. The van der Waals surface area contributed by atoms with Gasteiger partial charge in [-0.15, -0.1) is 11.8 Å². The number of aliphatic carboxylic acids is 1. The van der Waals surface area contributed by atoms with Gasteiger partial charge in [0.25, 0.3) is 17.5 Å². The number of hydrogen-bond donors (Lipinski definition) is 4. The number of amides is 3. The van der Waals surface area contributed by atoms with Crippen molar-refractivity contribution in [1.82, 2.24) is 30.8 Å². The van der Waals surface area contributed by atoms with Gasteiger partial charge in [0.1, 0.15) is 41.3 Å². The number of aromatic nitrogens is 2. The minimum absolute atomic E-state index is 0.0609. The number of carbonyl (C=O) groups is 4. The number of thioether (sulfide) groups is 1. The van der Waals surface area contributed by atoms with Crippen LogP contribution in [0.15, 0.2) is 89.3 Å². The zero-order valence-electron chi connectivity index (χ0n) is 24.2. The molecule has 1 fully saturated rings. The van der Waals surface area contributed by atoms with Crippen LogP contribution in [0.2, 0.25) is 0 Å². The molecule has 6 rings (SSSR count). The Hall–Kier alpha value is -5.30. The smallest absolute Gasteiger partial charge is 0.284 e. The van der Waals surface area contributed by atoms with Crippen LogP contribution in [0.4, 0.5) is 0 Å². The first-order valence-corrected chi connectivity index (χ1v) is 14.8. The average molecular weight is 629 g/mol. The predicted molar refractivity (Wildman–Crippen MR) is 163 cm³/mol. The van der Waals surface area contributed by atoms with Gasteiger partial charge >= 0.3 is 0 Å². The van der Waals surface area contributed by atoms with Gasteiger partial charge in [-0.2, -0.15) is 0 Å². The lowest BCUT2D eigenvalue weighted by molar-refractivity contribution is -0.302. The molecule has 4 N–H and O–H groups in total. The Morgan fingerprint density at radius 1 is 1.20 bits per heavy atom. The maximum atomic E-state index is 13.7. The van der Waals surface area contributed by atoms with E-state index in [0.29, 0.717) is 16.7 Å². The van der Waals surface area contributed by atoms with E-state index in [2.05, 4.69) is 32.0 Å². The lowest BCUT2D eigenvalue weighted by Crippen LogP contribution is -2.81. The molecular weight excluding hydrogens is 600 g/mol. The number of hydrogen-bond acceptors (Lipinski definition) is 10. The summed E-state index contributed by atoms with van der Waals surface area (Å²) in [6, 6.07) is 10.2. The summed E-state index contributed by atoms with van der Waals surface area (Å²) in [5.74, 6) is -3.67. The number of ether oxygens (including phenoxy) is 1. The Balaban J connectivity index is 0.000000598. The second-order valence-electron chi connectivity index (χ2n) is 10.1. The fourth-order valence-electron chi connectivity index (χ4n) is 5.01. The molecule has 1 aromatic carbocycles. The molecule has 1 saturated heterocycles. The summed E-state index contributed by atoms with van der Waals surface area (Å²) in [4.78, 5) is 72.6. The molecule has 0 radical (unpaired) electrons. The Bertz CT molecular complexity index is 1790. The minimum atomic E-state index is -1.88. The molecule has 45 heavy (non-hydrogen) atoms. The number of rotatable bonds is 7. The molecule has 0 spiro atoms. The summed E-state index contributed by atoms with van der Waals surface area (Å²) < 4.78 is 5.48. The highest BCUT2D eigenvalue weighted by Crippen LogP contribution is 2.46. The van der Waals surface area contributed by atoms with Gasteiger partial charge in [-0.05, 0) is 30.2 Å². The lowest BCUT2D eigenvalue weighted by Gasteiger charge is -2.56. The van der Waals surface area contributed by atoms with Gasteiger partial charge in [0, 0.05) is 25.3 Å². The van der Waals surface area contributed by atoms with Crippen molar-refractivity contribution in [1.29, 1.82) is 0 Å². The van der Waals surface area contributed by atoms with E-state index in [1.165, 1.54) is 31.3 Å². The number of aromatic amines is 1.